The normalized spacial score (nSPS) is 12.3. The number of hydrogen-bond acceptors (Lipinski definition) is 4. The minimum atomic E-state index is -1.08. The Balaban J connectivity index is 4.15. The summed E-state index contributed by atoms with van der Waals surface area (Å²) in [7, 11) is 0. The van der Waals surface area contributed by atoms with Gasteiger partial charge in [0.1, 0.15) is 12.6 Å². The van der Waals surface area contributed by atoms with E-state index in [2.05, 4.69) is 45.2 Å². The molecule has 234 valence electrons. The van der Waals surface area contributed by atoms with E-state index in [0.29, 0.717) is 19.3 Å². The lowest BCUT2D eigenvalue weighted by atomic mass is 10.0. The number of esters is 1. The Morgan fingerprint density at radius 1 is 0.650 bits per heavy atom. The first-order valence-electron chi connectivity index (χ1n) is 16.5. The van der Waals surface area contributed by atoms with Gasteiger partial charge in [0.2, 0.25) is 5.91 Å². The fraction of sp³-hybridized carbons (Fsp3) is 0.853. The average molecular weight is 566 g/mol. The third-order valence-corrected chi connectivity index (χ3v) is 7.29. The summed E-state index contributed by atoms with van der Waals surface area (Å²) in [5.74, 6) is -0.158. The topological polar surface area (TPSA) is 92.7 Å². The van der Waals surface area contributed by atoms with Crippen molar-refractivity contribution in [2.75, 3.05) is 6.54 Å². The second-order valence-corrected chi connectivity index (χ2v) is 12.4. The Hall–Kier alpha value is -1.85. The van der Waals surface area contributed by atoms with Gasteiger partial charge >= 0.3 is 11.9 Å². The summed E-state index contributed by atoms with van der Waals surface area (Å²) >= 11 is 0. The van der Waals surface area contributed by atoms with Gasteiger partial charge < -0.3 is 15.2 Å². The number of ether oxygens (including phenoxy) is 1. The van der Waals surface area contributed by atoms with E-state index in [-0.39, 0.29) is 18.3 Å². The molecule has 0 aromatic carbocycles. The van der Waals surface area contributed by atoms with Crippen LogP contribution in [0.25, 0.3) is 0 Å². The number of unbranched alkanes of at least 4 members (excludes halogenated alkanes) is 13. The summed E-state index contributed by atoms with van der Waals surface area (Å²) in [6.45, 7) is 8.70. The zero-order chi connectivity index (χ0) is 29.8. The van der Waals surface area contributed by atoms with E-state index in [9.17, 15) is 14.4 Å². The van der Waals surface area contributed by atoms with Crippen molar-refractivity contribution >= 4 is 17.8 Å². The van der Waals surface area contributed by atoms with Crippen LogP contribution in [0.2, 0.25) is 0 Å². The van der Waals surface area contributed by atoms with Crippen molar-refractivity contribution < 1.29 is 24.2 Å². The van der Waals surface area contributed by atoms with Gasteiger partial charge in [0.05, 0.1) is 6.42 Å². The molecule has 0 aromatic rings. The van der Waals surface area contributed by atoms with Crippen molar-refractivity contribution in [3.05, 3.63) is 12.2 Å². The van der Waals surface area contributed by atoms with Crippen LogP contribution in [-0.4, -0.2) is 35.6 Å². The van der Waals surface area contributed by atoms with Crippen molar-refractivity contribution in [3.63, 3.8) is 0 Å². The molecule has 0 aliphatic heterocycles. The Morgan fingerprint density at radius 2 is 1.10 bits per heavy atom. The molecule has 0 aliphatic carbocycles. The molecule has 1 atom stereocenters. The van der Waals surface area contributed by atoms with Crippen LogP contribution in [0.15, 0.2) is 12.2 Å². The maximum atomic E-state index is 12.4. The number of nitrogens with one attached hydrogen (secondary N) is 1. The highest BCUT2D eigenvalue weighted by atomic mass is 16.5. The average Bonchev–Trinajstić information content (AvgIpc) is 2.88. The van der Waals surface area contributed by atoms with Gasteiger partial charge in [0, 0.05) is 6.42 Å². The van der Waals surface area contributed by atoms with Crippen LogP contribution < -0.4 is 5.32 Å². The highest BCUT2D eigenvalue weighted by Crippen LogP contribution is 2.16. The first-order chi connectivity index (χ1) is 19.2. The van der Waals surface area contributed by atoms with Gasteiger partial charge in [-0.3, -0.25) is 14.4 Å². The van der Waals surface area contributed by atoms with Crippen molar-refractivity contribution in [1.29, 1.82) is 0 Å². The van der Waals surface area contributed by atoms with Crippen molar-refractivity contribution in [2.24, 2.45) is 11.8 Å². The molecular weight excluding hydrogens is 502 g/mol. The first kappa shape index (κ1) is 38.1. The molecule has 40 heavy (non-hydrogen) atoms. The van der Waals surface area contributed by atoms with E-state index in [1.54, 1.807) is 0 Å². The van der Waals surface area contributed by atoms with E-state index in [0.717, 1.165) is 37.5 Å². The molecule has 0 fully saturated rings. The molecule has 0 radical (unpaired) electrons. The van der Waals surface area contributed by atoms with Crippen LogP contribution in [0.4, 0.5) is 0 Å². The SMILES string of the molecule is CC(C)CCCCCCC/C=C\CCC(=O)OC(CCCCCCCCCCCC(C)C)CC(=O)NCC(=O)O. The number of carbonyl (C=O) groups is 3. The van der Waals surface area contributed by atoms with Crippen molar-refractivity contribution in [1.82, 2.24) is 5.32 Å². The number of allylic oxidation sites excluding steroid dienone is 2. The molecule has 1 unspecified atom stereocenters. The van der Waals surface area contributed by atoms with Crippen LogP contribution in [-0.2, 0) is 19.1 Å². The number of carboxylic acid groups (broad SMARTS) is 1. The fourth-order valence-corrected chi connectivity index (χ4v) is 4.84. The van der Waals surface area contributed by atoms with Crippen molar-refractivity contribution in [3.8, 4) is 0 Å². The standard InChI is InChI=1S/C34H63NO5/c1-29(2)23-19-15-11-7-5-9-13-17-21-25-31(27-32(36)35-28-33(37)38)40-34(39)26-22-18-14-10-6-8-12-16-20-24-30(3)4/h14,18,29-31H,5-13,15-17,19-28H2,1-4H3,(H,35,36)(H,37,38)/b18-14-. The molecule has 1 amide bonds. The number of carbonyl (C=O) groups excluding carboxylic acids is 2. The smallest absolute Gasteiger partial charge is 0.322 e. The van der Waals surface area contributed by atoms with Crippen molar-refractivity contribution in [2.45, 2.75) is 169 Å². The molecule has 6 heteroatoms. The second-order valence-electron chi connectivity index (χ2n) is 12.4. The Labute approximate surface area is 246 Å². The third-order valence-electron chi connectivity index (χ3n) is 7.29. The largest absolute Gasteiger partial charge is 0.480 e. The fourth-order valence-electron chi connectivity index (χ4n) is 4.84. The number of carboxylic acids is 1. The lowest BCUT2D eigenvalue weighted by molar-refractivity contribution is -0.151. The molecule has 0 heterocycles. The minimum absolute atomic E-state index is 0.0163. The molecule has 0 bridgehead atoms. The number of amides is 1. The lowest BCUT2D eigenvalue weighted by Gasteiger charge is -2.17. The summed E-state index contributed by atoms with van der Waals surface area (Å²) < 4.78 is 5.65. The summed E-state index contributed by atoms with van der Waals surface area (Å²) in [4.78, 5) is 35.3. The van der Waals surface area contributed by atoms with Gasteiger partial charge in [-0.1, -0.05) is 130 Å². The highest BCUT2D eigenvalue weighted by molar-refractivity contribution is 5.81. The lowest BCUT2D eigenvalue weighted by Crippen LogP contribution is -2.33. The molecule has 0 saturated heterocycles. The monoisotopic (exact) mass is 565 g/mol. The zero-order valence-corrected chi connectivity index (χ0v) is 26.5. The summed E-state index contributed by atoms with van der Waals surface area (Å²) in [5, 5.41) is 11.2. The summed E-state index contributed by atoms with van der Waals surface area (Å²) in [6, 6.07) is 0. The molecule has 0 aromatic heterocycles. The quantitative estimate of drug-likeness (QED) is 0.0560. The third kappa shape index (κ3) is 29.1. The van der Waals surface area contributed by atoms with Gasteiger partial charge in [0.15, 0.2) is 0 Å². The van der Waals surface area contributed by atoms with Gasteiger partial charge in [-0.15, -0.1) is 0 Å². The van der Waals surface area contributed by atoms with E-state index >= 15 is 0 Å². The van der Waals surface area contributed by atoms with Crippen LogP contribution in [0.3, 0.4) is 0 Å². The molecule has 0 aliphatic rings. The zero-order valence-electron chi connectivity index (χ0n) is 26.5. The number of aliphatic carboxylic acids is 1. The Morgan fingerprint density at radius 3 is 1.60 bits per heavy atom. The number of hydrogen-bond donors (Lipinski definition) is 2. The molecule has 0 saturated carbocycles. The van der Waals surface area contributed by atoms with Gasteiger partial charge in [0.25, 0.3) is 0 Å². The predicted octanol–water partition coefficient (Wildman–Crippen LogP) is 9.16. The van der Waals surface area contributed by atoms with Crippen LogP contribution in [0.5, 0.6) is 0 Å². The predicted molar refractivity (Wildman–Crippen MR) is 166 cm³/mol. The molecule has 0 rings (SSSR count). The van der Waals surface area contributed by atoms with Crippen LogP contribution in [0, 0.1) is 11.8 Å². The van der Waals surface area contributed by atoms with Gasteiger partial charge in [-0.25, -0.2) is 0 Å². The Kier molecular flexibility index (Phi) is 26.1. The van der Waals surface area contributed by atoms with Gasteiger partial charge in [-0.2, -0.15) is 0 Å². The summed E-state index contributed by atoms with van der Waals surface area (Å²) in [6.07, 6.45) is 26.3. The maximum absolute atomic E-state index is 12.4. The molecule has 6 nitrogen and oxygen atoms in total. The van der Waals surface area contributed by atoms with Crippen LogP contribution >= 0.6 is 0 Å². The van der Waals surface area contributed by atoms with E-state index in [1.807, 2.05) is 0 Å². The second kappa shape index (κ2) is 27.3. The molecule has 2 N–H and O–H groups in total. The van der Waals surface area contributed by atoms with E-state index in [1.165, 1.54) is 83.5 Å². The minimum Gasteiger partial charge on any atom is -0.480 e. The van der Waals surface area contributed by atoms with Crippen LogP contribution in [0.1, 0.15) is 163 Å². The Bertz CT molecular complexity index is 659. The van der Waals surface area contributed by atoms with E-state index < -0.39 is 18.6 Å². The summed E-state index contributed by atoms with van der Waals surface area (Å²) in [5.41, 5.74) is 0. The highest BCUT2D eigenvalue weighted by Gasteiger charge is 2.18. The van der Waals surface area contributed by atoms with Gasteiger partial charge in [-0.05, 0) is 43.9 Å². The molecular formula is C34H63NO5. The maximum Gasteiger partial charge on any atom is 0.322 e. The van der Waals surface area contributed by atoms with E-state index in [4.69, 9.17) is 9.84 Å². The molecule has 0 spiro atoms. The first-order valence-corrected chi connectivity index (χ1v) is 16.5. The number of rotatable bonds is 28.